The highest BCUT2D eigenvalue weighted by Crippen LogP contribution is 2.27. The minimum atomic E-state index is 0. The molecule has 2 aromatic rings. The fraction of sp³-hybridized carbons (Fsp3) is 0.647. The highest BCUT2D eigenvalue weighted by atomic mass is 127. The van der Waals surface area contributed by atoms with Crippen LogP contribution in [0.25, 0.3) is 0 Å². The van der Waals surface area contributed by atoms with Crippen LogP contribution in [-0.4, -0.2) is 54.8 Å². The van der Waals surface area contributed by atoms with Gasteiger partial charge in [0.2, 0.25) is 0 Å². The fourth-order valence-corrected chi connectivity index (χ4v) is 3.26. The predicted octanol–water partition coefficient (Wildman–Crippen LogP) is 1.99. The first kappa shape index (κ1) is 20.7. The summed E-state index contributed by atoms with van der Waals surface area (Å²) in [5.74, 6) is 3.35. The van der Waals surface area contributed by atoms with Crippen LogP contribution in [0.1, 0.15) is 38.0 Å². The van der Waals surface area contributed by atoms with Crippen LogP contribution in [0.3, 0.4) is 0 Å². The first-order valence-corrected chi connectivity index (χ1v) is 8.95. The molecule has 9 heteroatoms. The second-order valence-electron chi connectivity index (χ2n) is 6.68. The van der Waals surface area contributed by atoms with E-state index in [1.54, 1.807) is 0 Å². The number of piperidine rings is 1. The van der Waals surface area contributed by atoms with E-state index in [0.717, 1.165) is 43.7 Å². The van der Waals surface area contributed by atoms with Crippen molar-refractivity contribution in [3.63, 3.8) is 0 Å². The summed E-state index contributed by atoms with van der Waals surface area (Å²) >= 11 is 0. The second kappa shape index (κ2) is 9.33. The van der Waals surface area contributed by atoms with Crippen LogP contribution in [-0.2, 0) is 13.6 Å². The molecule has 3 heterocycles. The zero-order valence-corrected chi connectivity index (χ0v) is 18.3. The molecule has 2 atom stereocenters. The molecule has 0 aromatic carbocycles. The molecule has 1 saturated heterocycles. The first-order chi connectivity index (χ1) is 12.1. The Balaban J connectivity index is 0.00000243. The summed E-state index contributed by atoms with van der Waals surface area (Å²) in [5, 5.41) is 11.7. The first-order valence-electron chi connectivity index (χ1n) is 8.95. The van der Waals surface area contributed by atoms with Crippen molar-refractivity contribution in [2.45, 2.75) is 39.8 Å². The standard InChI is InChI=1S/C17H28N8.HI/c1-5-19-17(20-10-16-22-21-14(3)23(16)4)24-8-6-13(2)15(11-24)25-9-7-18-12-25;/h7,9,12-13,15H,5-6,8,10-11H2,1-4H3,(H,19,20);1H. The number of aliphatic imine (C=N–C) groups is 1. The van der Waals surface area contributed by atoms with Gasteiger partial charge in [0, 0.05) is 39.1 Å². The number of aryl methyl sites for hydroxylation is 1. The molecule has 3 rings (SSSR count). The van der Waals surface area contributed by atoms with E-state index in [1.165, 1.54) is 0 Å². The Labute approximate surface area is 172 Å². The molecule has 1 fully saturated rings. The van der Waals surface area contributed by atoms with Gasteiger partial charge in [-0.2, -0.15) is 0 Å². The van der Waals surface area contributed by atoms with Gasteiger partial charge in [-0.05, 0) is 26.2 Å². The van der Waals surface area contributed by atoms with Crippen molar-refractivity contribution < 1.29 is 0 Å². The molecule has 0 bridgehead atoms. The topological polar surface area (TPSA) is 76.2 Å². The van der Waals surface area contributed by atoms with E-state index in [-0.39, 0.29) is 24.0 Å². The Kier molecular flexibility index (Phi) is 7.42. The van der Waals surface area contributed by atoms with Crippen LogP contribution in [0.15, 0.2) is 23.7 Å². The highest BCUT2D eigenvalue weighted by molar-refractivity contribution is 14.0. The molecule has 0 amide bonds. The Morgan fingerprint density at radius 3 is 2.81 bits per heavy atom. The van der Waals surface area contributed by atoms with E-state index in [4.69, 9.17) is 4.99 Å². The number of nitrogens with one attached hydrogen (secondary N) is 1. The third-order valence-corrected chi connectivity index (χ3v) is 5.01. The normalized spacial score (nSPS) is 20.8. The summed E-state index contributed by atoms with van der Waals surface area (Å²) < 4.78 is 4.20. The minimum absolute atomic E-state index is 0. The van der Waals surface area contributed by atoms with Crippen molar-refractivity contribution >= 4 is 29.9 Å². The van der Waals surface area contributed by atoms with E-state index in [0.29, 0.717) is 18.5 Å². The van der Waals surface area contributed by atoms with Crippen molar-refractivity contribution in [2.24, 2.45) is 18.0 Å². The van der Waals surface area contributed by atoms with Crippen LogP contribution < -0.4 is 5.32 Å². The maximum absolute atomic E-state index is 4.81. The van der Waals surface area contributed by atoms with E-state index in [9.17, 15) is 0 Å². The molecular formula is C17H29IN8. The number of halogens is 1. The second-order valence-corrected chi connectivity index (χ2v) is 6.68. The average Bonchev–Trinajstić information content (AvgIpc) is 3.24. The third-order valence-electron chi connectivity index (χ3n) is 5.01. The molecule has 26 heavy (non-hydrogen) atoms. The van der Waals surface area contributed by atoms with Gasteiger partial charge in [-0.25, -0.2) is 9.98 Å². The van der Waals surface area contributed by atoms with Gasteiger partial charge in [0.05, 0.1) is 12.4 Å². The summed E-state index contributed by atoms with van der Waals surface area (Å²) in [5.41, 5.74) is 0. The molecule has 0 saturated carbocycles. The van der Waals surface area contributed by atoms with Gasteiger partial charge in [0.25, 0.3) is 0 Å². The van der Waals surface area contributed by atoms with Crippen molar-refractivity contribution in [2.75, 3.05) is 19.6 Å². The number of likely N-dealkylation sites (tertiary alicyclic amines) is 1. The molecule has 1 aliphatic heterocycles. The maximum atomic E-state index is 4.81. The summed E-state index contributed by atoms with van der Waals surface area (Å²) in [6.45, 7) is 9.68. The summed E-state index contributed by atoms with van der Waals surface area (Å²) in [6, 6.07) is 0.414. The SMILES string of the molecule is CCNC(=NCc1nnc(C)n1C)N1CCC(C)C(n2ccnc2)C1.I. The van der Waals surface area contributed by atoms with Gasteiger partial charge in [-0.15, -0.1) is 34.2 Å². The zero-order valence-electron chi connectivity index (χ0n) is 16.0. The van der Waals surface area contributed by atoms with Gasteiger partial charge >= 0.3 is 0 Å². The van der Waals surface area contributed by atoms with Crippen LogP contribution in [0.2, 0.25) is 0 Å². The number of hydrogen-bond donors (Lipinski definition) is 1. The number of imidazole rings is 1. The fourth-order valence-electron chi connectivity index (χ4n) is 3.26. The van der Waals surface area contributed by atoms with Gasteiger partial charge < -0.3 is 19.4 Å². The van der Waals surface area contributed by atoms with Gasteiger partial charge in [-0.3, -0.25) is 0 Å². The molecule has 144 valence electrons. The largest absolute Gasteiger partial charge is 0.357 e. The quantitative estimate of drug-likeness (QED) is 0.419. The molecule has 0 spiro atoms. The lowest BCUT2D eigenvalue weighted by molar-refractivity contribution is 0.189. The summed E-state index contributed by atoms with van der Waals surface area (Å²) in [4.78, 5) is 11.4. The van der Waals surface area contributed by atoms with Crippen LogP contribution in [0.5, 0.6) is 0 Å². The van der Waals surface area contributed by atoms with Crippen molar-refractivity contribution in [1.82, 2.24) is 34.5 Å². The van der Waals surface area contributed by atoms with E-state index >= 15 is 0 Å². The van der Waals surface area contributed by atoms with E-state index in [2.05, 4.69) is 50.0 Å². The van der Waals surface area contributed by atoms with Crippen molar-refractivity contribution in [3.05, 3.63) is 30.4 Å². The lowest BCUT2D eigenvalue weighted by Crippen LogP contribution is -2.49. The van der Waals surface area contributed by atoms with Gasteiger partial charge in [0.15, 0.2) is 11.8 Å². The summed E-state index contributed by atoms with van der Waals surface area (Å²) in [7, 11) is 1.98. The van der Waals surface area contributed by atoms with Crippen LogP contribution >= 0.6 is 24.0 Å². The lowest BCUT2D eigenvalue weighted by atomic mass is 9.93. The molecule has 0 aliphatic carbocycles. The molecule has 1 aliphatic rings. The minimum Gasteiger partial charge on any atom is -0.357 e. The lowest BCUT2D eigenvalue weighted by Gasteiger charge is -2.39. The Hall–Kier alpha value is -1.65. The van der Waals surface area contributed by atoms with Crippen LogP contribution in [0, 0.1) is 12.8 Å². The van der Waals surface area contributed by atoms with E-state index < -0.39 is 0 Å². The average molecular weight is 472 g/mol. The smallest absolute Gasteiger partial charge is 0.194 e. The van der Waals surface area contributed by atoms with Crippen molar-refractivity contribution in [1.29, 1.82) is 0 Å². The maximum Gasteiger partial charge on any atom is 0.194 e. The number of guanidine groups is 1. The Morgan fingerprint density at radius 1 is 1.38 bits per heavy atom. The number of nitrogens with zero attached hydrogens (tertiary/aromatic N) is 7. The Bertz CT molecular complexity index is 708. The molecule has 2 aromatic heterocycles. The van der Waals surface area contributed by atoms with E-state index in [1.807, 2.05) is 31.1 Å². The molecule has 1 N–H and O–H groups in total. The van der Waals surface area contributed by atoms with Crippen LogP contribution in [0.4, 0.5) is 0 Å². The third kappa shape index (κ3) is 4.54. The van der Waals surface area contributed by atoms with Gasteiger partial charge in [0.1, 0.15) is 12.4 Å². The van der Waals surface area contributed by atoms with Crippen molar-refractivity contribution in [3.8, 4) is 0 Å². The number of rotatable bonds is 4. The molecular weight excluding hydrogens is 443 g/mol. The zero-order chi connectivity index (χ0) is 17.8. The molecule has 0 radical (unpaired) electrons. The number of aromatic nitrogens is 5. The Morgan fingerprint density at radius 2 is 2.19 bits per heavy atom. The monoisotopic (exact) mass is 472 g/mol. The molecule has 8 nitrogen and oxygen atoms in total. The summed E-state index contributed by atoms with van der Waals surface area (Å²) in [6.07, 6.45) is 6.95. The highest BCUT2D eigenvalue weighted by Gasteiger charge is 2.28. The van der Waals surface area contributed by atoms with Gasteiger partial charge in [-0.1, -0.05) is 6.92 Å². The predicted molar refractivity (Wildman–Crippen MR) is 113 cm³/mol. The molecule has 2 unspecified atom stereocenters. The number of hydrogen-bond acceptors (Lipinski definition) is 4.